The first-order chi connectivity index (χ1) is 16.5. The number of phenolic OH excluding ortho intramolecular Hbond substituents is 1. The number of carbonyl (C=O) groups is 1. The summed E-state index contributed by atoms with van der Waals surface area (Å²) in [7, 11) is 0. The van der Waals surface area contributed by atoms with Crippen molar-refractivity contribution in [3.05, 3.63) is 94.9 Å². The van der Waals surface area contributed by atoms with Gasteiger partial charge in [-0.25, -0.2) is 4.98 Å². The molecule has 0 saturated heterocycles. The van der Waals surface area contributed by atoms with Crippen LogP contribution in [0, 0.1) is 0 Å². The van der Waals surface area contributed by atoms with Crippen LogP contribution >= 0.6 is 15.9 Å². The zero-order chi connectivity index (χ0) is 23.7. The van der Waals surface area contributed by atoms with Crippen LogP contribution in [-0.4, -0.2) is 30.6 Å². The summed E-state index contributed by atoms with van der Waals surface area (Å²) in [4.78, 5) is 20.3. The highest BCUT2D eigenvalue weighted by molar-refractivity contribution is 9.10. The van der Waals surface area contributed by atoms with E-state index in [2.05, 4.69) is 31.3 Å². The van der Waals surface area contributed by atoms with E-state index in [1.807, 2.05) is 48.7 Å². The highest BCUT2D eigenvalue weighted by Gasteiger charge is 2.13. The van der Waals surface area contributed by atoms with E-state index in [9.17, 15) is 9.90 Å². The fourth-order valence-electron chi connectivity index (χ4n) is 3.65. The Balaban J connectivity index is 1.48. The van der Waals surface area contributed by atoms with Crippen molar-refractivity contribution in [3.63, 3.8) is 0 Å². The first-order valence-electron chi connectivity index (χ1n) is 10.4. The van der Waals surface area contributed by atoms with Gasteiger partial charge in [0.1, 0.15) is 11.6 Å². The van der Waals surface area contributed by atoms with Crippen LogP contribution in [0.15, 0.2) is 83.7 Å². The second-order valence-corrected chi connectivity index (χ2v) is 8.50. The predicted molar refractivity (Wildman–Crippen MR) is 133 cm³/mol. The number of benzene rings is 2. The lowest BCUT2D eigenvalue weighted by Crippen LogP contribution is -2.10. The maximum atomic E-state index is 11.3. The minimum Gasteiger partial charge on any atom is -0.507 e. The van der Waals surface area contributed by atoms with Gasteiger partial charge in [-0.05, 0) is 51.3 Å². The predicted octanol–water partition coefficient (Wildman–Crippen LogP) is 4.64. The molecule has 0 fully saturated rings. The van der Waals surface area contributed by atoms with Gasteiger partial charge in [0.05, 0.1) is 16.4 Å². The largest absolute Gasteiger partial charge is 0.507 e. The molecule has 5 rings (SSSR count). The Kier molecular flexibility index (Phi) is 5.69. The maximum Gasteiger partial charge on any atom is 0.248 e. The van der Waals surface area contributed by atoms with Gasteiger partial charge in [0.2, 0.25) is 5.91 Å². The SMILES string of the molecule is NC(=O)c1ccc(-c2ccc(-c3cc(NCc4cccnc4)n4ncc(Br)c4n3)cc2)c(O)c1. The van der Waals surface area contributed by atoms with E-state index in [1.54, 1.807) is 29.0 Å². The van der Waals surface area contributed by atoms with Crippen LogP contribution in [0.25, 0.3) is 28.0 Å². The summed E-state index contributed by atoms with van der Waals surface area (Å²) in [5.74, 6) is 0.199. The van der Waals surface area contributed by atoms with Crippen LogP contribution in [0.1, 0.15) is 15.9 Å². The van der Waals surface area contributed by atoms with Crippen molar-refractivity contribution in [1.82, 2.24) is 19.6 Å². The molecule has 34 heavy (non-hydrogen) atoms. The smallest absolute Gasteiger partial charge is 0.248 e. The minimum atomic E-state index is -0.586. The van der Waals surface area contributed by atoms with Crippen LogP contribution in [0.3, 0.4) is 0 Å². The maximum absolute atomic E-state index is 11.3. The second-order valence-electron chi connectivity index (χ2n) is 7.64. The summed E-state index contributed by atoms with van der Waals surface area (Å²) in [6.45, 7) is 0.587. The third-order valence-electron chi connectivity index (χ3n) is 5.40. The number of primary amides is 1. The summed E-state index contributed by atoms with van der Waals surface area (Å²) in [6.07, 6.45) is 5.27. The molecule has 3 aromatic heterocycles. The average Bonchev–Trinajstić information content (AvgIpc) is 3.24. The van der Waals surface area contributed by atoms with Crippen molar-refractivity contribution in [3.8, 4) is 28.1 Å². The van der Waals surface area contributed by atoms with Crippen LogP contribution in [0.2, 0.25) is 0 Å². The normalized spacial score (nSPS) is 11.0. The number of hydrogen-bond acceptors (Lipinski definition) is 6. The molecule has 0 aliphatic rings. The van der Waals surface area contributed by atoms with E-state index in [-0.39, 0.29) is 11.3 Å². The van der Waals surface area contributed by atoms with Crippen molar-refractivity contribution < 1.29 is 9.90 Å². The lowest BCUT2D eigenvalue weighted by Gasteiger charge is -2.12. The number of phenols is 1. The highest BCUT2D eigenvalue weighted by Crippen LogP contribution is 2.32. The fraction of sp³-hybridized carbons (Fsp3) is 0.0400. The highest BCUT2D eigenvalue weighted by atomic mass is 79.9. The standard InChI is InChI=1S/C25H19BrN6O2/c26-20-14-30-32-23(29-13-15-2-1-9-28-12-15)11-21(31-25(20)32)17-5-3-16(4-6-17)19-8-7-18(24(27)34)10-22(19)33/h1-12,14,29,33H,13H2,(H2,27,34). The molecular weight excluding hydrogens is 496 g/mol. The molecule has 1 amide bonds. The summed E-state index contributed by atoms with van der Waals surface area (Å²) < 4.78 is 2.53. The lowest BCUT2D eigenvalue weighted by atomic mass is 10.00. The number of anilines is 1. The Bertz CT molecular complexity index is 1500. The molecule has 0 saturated carbocycles. The number of rotatable bonds is 6. The van der Waals surface area contributed by atoms with Crippen molar-refractivity contribution in [1.29, 1.82) is 0 Å². The van der Waals surface area contributed by atoms with Crippen molar-refractivity contribution >= 4 is 33.3 Å². The zero-order valence-electron chi connectivity index (χ0n) is 17.8. The number of aromatic hydroxyl groups is 1. The van der Waals surface area contributed by atoms with Gasteiger partial charge in [0.15, 0.2) is 5.65 Å². The molecule has 0 atom stereocenters. The molecule has 3 heterocycles. The molecule has 0 bridgehead atoms. The van der Waals surface area contributed by atoms with Gasteiger partial charge in [0, 0.05) is 41.7 Å². The molecule has 168 valence electrons. The van der Waals surface area contributed by atoms with Gasteiger partial charge in [-0.15, -0.1) is 0 Å². The van der Waals surface area contributed by atoms with Crippen LogP contribution in [0.5, 0.6) is 5.75 Å². The molecule has 2 aromatic carbocycles. The molecule has 0 spiro atoms. The van der Waals surface area contributed by atoms with Gasteiger partial charge < -0.3 is 16.2 Å². The molecule has 0 aliphatic carbocycles. The van der Waals surface area contributed by atoms with Gasteiger partial charge in [0.25, 0.3) is 0 Å². The zero-order valence-corrected chi connectivity index (χ0v) is 19.4. The number of aromatic nitrogens is 4. The van der Waals surface area contributed by atoms with Crippen molar-refractivity contribution in [2.24, 2.45) is 5.73 Å². The molecule has 0 aliphatic heterocycles. The van der Waals surface area contributed by atoms with E-state index >= 15 is 0 Å². The molecular formula is C25H19BrN6O2. The van der Waals surface area contributed by atoms with Gasteiger partial charge in [-0.3, -0.25) is 9.78 Å². The van der Waals surface area contributed by atoms with Gasteiger partial charge in [-0.2, -0.15) is 9.61 Å². The number of carbonyl (C=O) groups excluding carboxylic acids is 1. The van der Waals surface area contributed by atoms with Gasteiger partial charge in [-0.1, -0.05) is 30.3 Å². The molecule has 4 N–H and O–H groups in total. The number of hydrogen-bond donors (Lipinski definition) is 3. The van der Waals surface area contributed by atoms with E-state index in [1.165, 1.54) is 6.07 Å². The first-order valence-corrected chi connectivity index (χ1v) is 11.2. The van der Waals surface area contributed by atoms with E-state index in [0.717, 1.165) is 32.7 Å². The van der Waals surface area contributed by atoms with E-state index < -0.39 is 5.91 Å². The number of pyridine rings is 1. The molecule has 5 aromatic rings. The number of fused-ring (bicyclic) bond motifs is 1. The van der Waals surface area contributed by atoms with Crippen LogP contribution in [0.4, 0.5) is 5.82 Å². The Morgan fingerprint density at radius 1 is 1.06 bits per heavy atom. The number of nitrogens with two attached hydrogens (primary N) is 1. The number of amides is 1. The molecule has 0 radical (unpaired) electrons. The number of halogens is 1. The third-order valence-corrected chi connectivity index (χ3v) is 5.96. The van der Waals surface area contributed by atoms with Crippen molar-refractivity contribution in [2.75, 3.05) is 5.32 Å². The average molecular weight is 515 g/mol. The summed E-state index contributed by atoms with van der Waals surface area (Å²) >= 11 is 3.53. The molecule has 8 nitrogen and oxygen atoms in total. The Labute approximate surface area is 203 Å². The minimum absolute atomic E-state index is 0.00586. The molecule has 9 heteroatoms. The van der Waals surface area contributed by atoms with E-state index in [4.69, 9.17) is 10.7 Å². The quantitative estimate of drug-likeness (QED) is 0.303. The topological polar surface area (TPSA) is 118 Å². The summed E-state index contributed by atoms with van der Waals surface area (Å²) in [5, 5.41) is 18.2. The van der Waals surface area contributed by atoms with Gasteiger partial charge >= 0.3 is 0 Å². The van der Waals surface area contributed by atoms with Crippen LogP contribution < -0.4 is 11.1 Å². The summed E-state index contributed by atoms with van der Waals surface area (Å²) in [5.41, 5.74) is 10.4. The number of nitrogens with zero attached hydrogens (tertiary/aromatic N) is 4. The van der Waals surface area contributed by atoms with Crippen LogP contribution in [-0.2, 0) is 6.54 Å². The lowest BCUT2D eigenvalue weighted by molar-refractivity contribution is 0.1000. The Morgan fingerprint density at radius 3 is 2.56 bits per heavy atom. The molecule has 0 unspecified atom stereocenters. The number of nitrogens with one attached hydrogen (secondary N) is 1. The van der Waals surface area contributed by atoms with Crippen molar-refractivity contribution in [2.45, 2.75) is 6.54 Å². The van der Waals surface area contributed by atoms with E-state index in [0.29, 0.717) is 17.8 Å². The first kappa shape index (κ1) is 21.6. The second kappa shape index (κ2) is 8.95. The Hall–Kier alpha value is -4.24. The summed E-state index contributed by atoms with van der Waals surface area (Å²) in [6, 6.07) is 18.2. The third kappa shape index (κ3) is 4.20. The Morgan fingerprint density at radius 2 is 1.85 bits per heavy atom. The fourth-order valence-corrected chi connectivity index (χ4v) is 4.00. The monoisotopic (exact) mass is 514 g/mol.